The Labute approximate surface area is 123 Å². The van der Waals surface area contributed by atoms with Crippen molar-refractivity contribution < 1.29 is 0 Å². The third-order valence-electron chi connectivity index (χ3n) is 4.51. The fourth-order valence-corrected chi connectivity index (χ4v) is 3.54. The van der Waals surface area contributed by atoms with Gasteiger partial charge in [0.1, 0.15) is 5.82 Å². The first kappa shape index (κ1) is 14.9. The zero-order valence-corrected chi connectivity index (χ0v) is 13.2. The summed E-state index contributed by atoms with van der Waals surface area (Å²) < 4.78 is 0. The summed E-state index contributed by atoms with van der Waals surface area (Å²) >= 11 is 0. The molecule has 0 N–H and O–H groups in total. The highest BCUT2D eigenvalue weighted by Gasteiger charge is 2.55. The number of fused-ring (bicyclic) bond motifs is 1. The maximum atomic E-state index is 5.50. The zero-order valence-electron chi connectivity index (χ0n) is 13.2. The molecule has 1 aromatic heterocycles. The number of rotatable bonds is 3. The van der Waals surface area contributed by atoms with E-state index >= 15 is 0 Å². The monoisotopic (exact) mass is 270 g/mol. The van der Waals surface area contributed by atoms with E-state index in [-0.39, 0.29) is 0 Å². The van der Waals surface area contributed by atoms with Gasteiger partial charge in [0.15, 0.2) is 0 Å². The fraction of sp³-hybridized carbons (Fsp3) is 0.611. The number of pyridine rings is 1. The first-order chi connectivity index (χ1) is 9.67. The van der Waals surface area contributed by atoms with Crippen LogP contribution in [0.5, 0.6) is 0 Å². The summed E-state index contributed by atoms with van der Waals surface area (Å²) in [6, 6.07) is 5.01. The van der Waals surface area contributed by atoms with Crippen molar-refractivity contribution in [2.24, 2.45) is 5.41 Å². The molecule has 3 heterocycles. The minimum atomic E-state index is 0.399. The van der Waals surface area contributed by atoms with Crippen LogP contribution in [0.1, 0.15) is 51.3 Å². The largest absolute Gasteiger partial charge is 0.353 e. The van der Waals surface area contributed by atoms with E-state index in [2.05, 4.69) is 36.8 Å². The molecule has 20 heavy (non-hydrogen) atoms. The van der Waals surface area contributed by atoms with Crippen LogP contribution >= 0.6 is 0 Å². The molecule has 2 nitrogen and oxygen atoms in total. The van der Waals surface area contributed by atoms with Crippen LogP contribution < -0.4 is 4.90 Å². The molecule has 1 saturated carbocycles. The molecule has 1 aliphatic carbocycles. The molecule has 0 aromatic carbocycles. The van der Waals surface area contributed by atoms with Crippen molar-refractivity contribution in [3.8, 4) is 12.3 Å². The summed E-state index contributed by atoms with van der Waals surface area (Å²) in [4.78, 5) is 7.27. The third kappa shape index (κ3) is 2.42. The average molecular weight is 270 g/mol. The molecule has 0 unspecified atom stereocenters. The smallest absolute Gasteiger partial charge is 0.132 e. The van der Waals surface area contributed by atoms with Crippen LogP contribution in [0.3, 0.4) is 0 Å². The van der Waals surface area contributed by atoms with Crippen molar-refractivity contribution in [3.63, 3.8) is 0 Å². The molecule has 0 radical (unpaired) electrons. The molecular formula is C18H26N2. The van der Waals surface area contributed by atoms with E-state index in [1.54, 1.807) is 0 Å². The van der Waals surface area contributed by atoms with E-state index in [0.29, 0.717) is 11.5 Å². The number of nitrogens with zero attached hydrogens (tertiary/aromatic N) is 2. The van der Waals surface area contributed by atoms with Gasteiger partial charge in [0.2, 0.25) is 0 Å². The van der Waals surface area contributed by atoms with Crippen molar-refractivity contribution >= 4 is 5.82 Å². The van der Waals surface area contributed by atoms with Crippen LogP contribution in [0.15, 0.2) is 12.1 Å². The minimum Gasteiger partial charge on any atom is -0.353 e. The fourth-order valence-electron chi connectivity index (χ4n) is 3.54. The molecule has 0 amide bonds. The van der Waals surface area contributed by atoms with Gasteiger partial charge in [0, 0.05) is 30.1 Å². The Kier molecular flexibility index (Phi) is 4.38. The van der Waals surface area contributed by atoms with E-state index in [0.717, 1.165) is 25.1 Å². The number of aryl methyl sites for hydroxylation is 2. The molecule has 2 aliphatic heterocycles. The first-order valence-corrected chi connectivity index (χ1v) is 7.84. The lowest BCUT2D eigenvalue weighted by Crippen LogP contribution is -2.34. The highest BCUT2D eigenvalue weighted by atomic mass is 15.3. The van der Waals surface area contributed by atoms with Gasteiger partial charge in [-0.25, -0.2) is 4.98 Å². The number of aromatic nitrogens is 1. The summed E-state index contributed by atoms with van der Waals surface area (Å²) in [6.07, 6.45) is 9.99. The Hall–Kier alpha value is -1.49. The zero-order chi connectivity index (χ0) is 14.8. The summed E-state index contributed by atoms with van der Waals surface area (Å²) in [5, 5.41) is 0. The Balaban J connectivity index is 0.000000704. The molecule has 1 aromatic rings. The van der Waals surface area contributed by atoms with E-state index in [1.807, 2.05) is 13.8 Å². The molecule has 2 saturated heterocycles. The molecule has 4 rings (SSSR count). The maximum absolute atomic E-state index is 5.50. The lowest BCUT2D eigenvalue weighted by Gasteiger charge is -2.35. The van der Waals surface area contributed by atoms with Gasteiger partial charge in [0.05, 0.1) is 0 Å². The summed E-state index contributed by atoms with van der Waals surface area (Å²) in [5.41, 5.74) is 2.87. The Morgan fingerprint density at radius 2 is 2.10 bits per heavy atom. The summed E-state index contributed by atoms with van der Waals surface area (Å²) in [6.45, 7) is 9.37. The second-order valence-electron chi connectivity index (χ2n) is 5.86. The van der Waals surface area contributed by atoms with Gasteiger partial charge in [0.25, 0.3) is 0 Å². The van der Waals surface area contributed by atoms with E-state index < -0.39 is 0 Å². The summed E-state index contributed by atoms with van der Waals surface area (Å²) in [7, 11) is 0. The average Bonchev–Trinajstić information content (AvgIpc) is 2.96. The van der Waals surface area contributed by atoms with E-state index in [4.69, 9.17) is 11.4 Å². The van der Waals surface area contributed by atoms with Crippen LogP contribution in [0, 0.1) is 24.7 Å². The second kappa shape index (κ2) is 5.87. The Morgan fingerprint density at radius 3 is 2.70 bits per heavy atom. The standard InChI is InChI=1S/C16H20N2.C2H6/c1-4-8-16-9-14(10-16)18(11-16)15-13(5-2)7-6-12(3)17-15;1-2/h1,6-7,14H,5,8-11H2,2-3H3;1-2H3. The van der Waals surface area contributed by atoms with Crippen LogP contribution in [0.2, 0.25) is 0 Å². The molecule has 0 spiro atoms. The van der Waals surface area contributed by atoms with Gasteiger partial charge < -0.3 is 4.90 Å². The van der Waals surface area contributed by atoms with Crippen LogP contribution in [-0.2, 0) is 6.42 Å². The quantitative estimate of drug-likeness (QED) is 0.773. The number of hydrogen-bond donors (Lipinski definition) is 0. The molecule has 108 valence electrons. The molecular weight excluding hydrogens is 244 g/mol. The van der Waals surface area contributed by atoms with Crippen LogP contribution in [0.25, 0.3) is 0 Å². The van der Waals surface area contributed by atoms with Gasteiger partial charge in [-0.05, 0) is 37.8 Å². The minimum absolute atomic E-state index is 0.399. The lowest BCUT2D eigenvalue weighted by atomic mass is 9.68. The third-order valence-corrected chi connectivity index (χ3v) is 4.51. The second-order valence-corrected chi connectivity index (χ2v) is 5.86. The van der Waals surface area contributed by atoms with Gasteiger partial charge in [-0.2, -0.15) is 0 Å². The molecule has 3 fully saturated rings. The molecule has 3 aliphatic rings. The predicted molar refractivity (Wildman–Crippen MR) is 86.0 cm³/mol. The topological polar surface area (TPSA) is 16.1 Å². The number of anilines is 1. The molecule has 0 atom stereocenters. The van der Waals surface area contributed by atoms with Crippen molar-refractivity contribution in [2.45, 2.75) is 59.4 Å². The Morgan fingerprint density at radius 1 is 1.40 bits per heavy atom. The van der Waals surface area contributed by atoms with Crippen LogP contribution in [-0.4, -0.2) is 17.6 Å². The number of terminal acetylenes is 1. The number of hydrogen-bond acceptors (Lipinski definition) is 2. The van der Waals surface area contributed by atoms with Gasteiger partial charge in [-0.15, -0.1) is 12.3 Å². The lowest BCUT2D eigenvalue weighted by molar-refractivity contribution is 0.206. The van der Waals surface area contributed by atoms with Gasteiger partial charge >= 0.3 is 0 Å². The first-order valence-electron chi connectivity index (χ1n) is 7.84. The predicted octanol–water partition coefficient (Wildman–Crippen LogP) is 3.97. The maximum Gasteiger partial charge on any atom is 0.132 e. The van der Waals surface area contributed by atoms with Crippen molar-refractivity contribution in [3.05, 3.63) is 23.4 Å². The summed E-state index contributed by atoms with van der Waals surface area (Å²) in [5.74, 6) is 4.06. The van der Waals surface area contributed by atoms with Crippen molar-refractivity contribution in [1.29, 1.82) is 0 Å². The normalized spacial score (nSPS) is 26.4. The van der Waals surface area contributed by atoms with Crippen LogP contribution in [0.4, 0.5) is 5.82 Å². The van der Waals surface area contributed by atoms with E-state index in [9.17, 15) is 0 Å². The van der Waals surface area contributed by atoms with Crippen molar-refractivity contribution in [2.75, 3.05) is 11.4 Å². The van der Waals surface area contributed by atoms with Crippen molar-refractivity contribution in [1.82, 2.24) is 4.98 Å². The van der Waals surface area contributed by atoms with Gasteiger partial charge in [-0.3, -0.25) is 0 Å². The highest BCUT2D eigenvalue weighted by Crippen LogP contribution is 2.55. The van der Waals surface area contributed by atoms with Gasteiger partial charge in [-0.1, -0.05) is 26.8 Å². The SMILES string of the molecule is C#CCC12CC(C1)N(c1nc(C)ccc1CC)C2.CC. The highest BCUT2D eigenvalue weighted by molar-refractivity contribution is 5.52. The van der Waals surface area contributed by atoms with E-state index in [1.165, 1.54) is 24.2 Å². The Bertz CT molecular complexity index is 507. The molecule has 2 bridgehead atoms. The molecule has 2 heteroatoms.